The number of nitrogens with one attached hydrogen (secondary N) is 2. The van der Waals surface area contributed by atoms with Gasteiger partial charge in [-0.1, -0.05) is 0 Å². The van der Waals surface area contributed by atoms with Crippen molar-refractivity contribution >= 4 is 29.0 Å². The summed E-state index contributed by atoms with van der Waals surface area (Å²) in [5.74, 6) is -1.51. The van der Waals surface area contributed by atoms with Gasteiger partial charge in [-0.2, -0.15) is 0 Å². The van der Waals surface area contributed by atoms with Gasteiger partial charge in [0.25, 0.3) is 11.5 Å². The third kappa shape index (κ3) is 5.84. The van der Waals surface area contributed by atoms with Gasteiger partial charge in [0.1, 0.15) is 22.8 Å². The molecule has 0 spiro atoms. The predicted octanol–water partition coefficient (Wildman–Crippen LogP) is 4.07. The van der Waals surface area contributed by atoms with Gasteiger partial charge in [0.05, 0.1) is 24.3 Å². The van der Waals surface area contributed by atoms with E-state index in [2.05, 4.69) is 15.6 Å². The van der Waals surface area contributed by atoms with Crippen molar-refractivity contribution in [3.05, 3.63) is 112 Å². The molecule has 1 saturated carbocycles. The van der Waals surface area contributed by atoms with Crippen LogP contribution < -0.4 is 32.4 Å². The molecule has 3 aromatic heterocycles. The van der Waals surface area contributed by atoms with Crippen LogP contribution in [0.1, 0.15) is 35.1 Å². The van der Waals surface area contributed by atoms with Crippen molar-refractivity contribution in [1.29, 1.82) is 0 Å². The average molecular weight is 586 g/mol. The summed E-state index contributed by atoms with van der Waals surface area (Å²) in [4.78, 5) is 42.7. The first-order valence-corrected chi connectivity index (χ1v) is 13.3. The maximum atomic E-state index is 15.0. The van der Waals surface area contributed by atoms with Crippen LogP contribution in [0.4, 0.5) is 20.3 Å². The molecule has 5 aromatic rings. The third-order valence-corrected chi connectivity index (χ3v) is 6.82. The zero-order chi connectivity index (χ0) is 30.2. The molecule has 3 heterocycles. The van der Waals surface area contributed by atoms with E-state index in [0.29, 0.717) is 17.2 Å². The number of anilines is 2. The van der Waals surface area contributed by atoms with Gasteiger partial charge < -0.3 is 31.2 Å². The molecule has 6 rings (SSSR count). The third-order valence-electron chi connectivity index (χ3n) is 6.82. The largest absolute Gasteiger partial charge is 0.453 e. The molecule has 218 valence electrons. The Morgan fingerprint density at radius 2 is 1.72 bits per heavy atom. The fraction of sp³-hybridized carbons (Fsp3) is 0.133. The molecule has 11 nitrogen and oxygen atoms in total. The lowest BCUT2D eigenvalue weighted by Gasteiger charge is -2.17. The zero-order valence-corrected chi connectivity index (χ0v) is 22.5. The fourth-order valence-electron chi connectivity index (χ4n) is 4.49. The number of carbonyl (C=O) groups excluding carboxylic acids is 2. The van der Waals surface area contributed by atoms with E-state index < -0.39 is 29.3 Å². The van der Waals surface area contributed by atoms with Crippen LogP contribution in [0.5, 0.6) is 11.5 Å². The van der Waals surface area contributed by atoms with E-state index in [9.17, 15) is 18.8 Å². The molecule has 1 fully saturated rings. The van der Waals surface area contributed by atoms with E-state index in [1.807, 2.05) is 0 Å². The topological polar surface area (TPSA) is 159 Å². The Morgan fingerprint density at radius 3 is 2.42 bits per heavy atom. The second-order valence-electron chi connectivity index (χ2n) is 10.0. The molecule has 0 atom stereocenters. The molecule has 0 radical (unpaired) electrons. The number of halogens is 2. The van der Waals surface area contributed by atoms with Crippen molar-refractivity contribution in [1.82, 2.24) is 14.0 Å². The van der Waals surface area contributed by atoms with E-state index >= 15 is 4.39 Å². The van der Waals surface area contributed by atoms with E-state index in [1.54, 1.807) is 28.9 Å². The molecule has 0 bridgehead atoms. The Hall–Kier alpha value is -5.40. The van der Waals surface area contributed by atoms with Crippen molar-refractivity contribution in [2.45, 2.75) is 19.0 Å². The number of pyridine rings is 2. The summed E-state index contributed by atoms with van der Waals surface area (Å²) in [6, 6.07) is 14.8. The molecule has 1 aliphatic carbocycles. The highest BCUT2D eigenvalue weighted by molar-refractivity contribution is 6.04. The van der Waals surface area contributed by atoms with Gasteiger partial charge >= 0.3 is 0 Å². The van der Waals surface area contributed by atoms with Crippen LogP contribution in [0.2, 0.25) is 0 Å². The number of nitrogens with zero attached hydrogens (tertiary/aromatic N) is 3. The van der Waals surface area contributed by atoms with Crippen LogP contribution in [0, 0.1) is 17.6 Å². The number of nitrogens with two attached hydrogens (primary N) is 2. The molecule has 0 unspecified atom stereocenters. The smallest absolute Gasteiger partial charge is 0.268 e. The summed E-state index contributed by atoms with van der Waals surface area (Å²) in [7, 11) is 0. The maximum Gasteiger partial charge on any atom is 0.268 e. The predicted molar refractivity (Wildman–Crippen MR) is 154 cm³/mol. The van der Waals surface area contributed by atoms with Gasteiger partial charge in [-0.25, -0.2) is 13.8 Å². The molecule has 0 aliphatic heterocycles. The zero-order valence-electron chi connectivity index (χ0n) is 22.5. The van der Waals surface area contributed by atoms with Crippen LogP contribution >= 0.6 is 0 Å². The number of amides is 2. The van der Waals surface area contributed by atoms with Crippen LogP contribution in [-0.4, -0.2) is 25.8 Å². The van der Waals surface area contributed by atoms with Crippen molar-refractivity contribution in [2.24, 2.45) is 17.4 Å². The SMILES string of the molecule is NC(N)c1ccc(C(=O)Nc2ccc(Oc3ccc4nc(NC(=O)C5CC5)cn4c3)c(F)c2)c(=O)n1-c1ccc(F)cc1. The monoisotopic (exact) mass is 585 g/mol. The minimum Gasteiger partial charge on any atom is -0.453 e. The first-order valence-electron chi connectivity index (χ1n) is 13.3. The van der Waals surface area contributed by atoms with Crippen LogP contribution in [0.25, 0.3) is 11.3 Å². The van der Waals surface area contributed by atoms with Crippen LogP contribution in [0.15, 0.2) is 83.9 Å². The highest BCUT2D eigenvalue weighted by atomic mass is 19.1. The van der Waals surface area contributed by atoms with Crippen molar-refractivity contribution in [3.8, 4) is 17.2 Å². The summed E-state index contributed by atoms with van der Waals surface area (Å²) < 4.78 is 36.9. The summed E-state index contributed by atoms with van der Waals surface area (Å²) in [5.41, 5.74) is 11.7. The van der Waals surface area contributed by atoms with Crippen LogP contribution in [0.3, 0.4) is 0 Å². The number of fused-ring (bicyclic) bond motifs is 1. The summed E-state index contributed by atoms with van der Waals surface area (Å²) >= 11 is 0. The molecule has 0 saturated heterocycles. The molecule has 13 heteroatoms. The molecule has 2 amide bonds. The van der Waals surface area contributed by atoms with Gasteiger partial charge in [-0.3, -0.25) is 19.0 Å². The molecule has 2 aromatic carbocycles. The van der Waals surface area contributed by atoms with Crippen molar-refractivity contribution in [2.75, 3.05) is 10.6 Å². The maximum absolute atomic E-state index is 15.0. The summed E-state index contributed by atoms with van der Waals surface area (Å²) in [6.45, 7) is 0. The molecular weight excluding hydrogens is 560 g/mol. The minimum atomic E-state index is -1.05. The number of ether oxygens (including phenoxy) is 1. The highest BCUT2D eigenvalue weighted by Crippen LogP contribution is 2.31. The second kappa shape index (κ2) is 11.1. The number of benzene rings is 2. The molecule has 1 aliphatic rings. The van der Waals surface area contributed by atoms with E-state index in [-0.39, 0.29) is 40.2 Å². The number of aromatic nitrogens is 3. The molecular formula is C30H25F2N7O4. The molecule has 6 N–H and O–H groups in total. The van der Waals surface area contributed by atoms with E-state index in [4.69, 9.17) is 16.2 Å². The van der Waals surface area contributed by atoms with Gasteiger partial charge in [0.15, 0.2) is 17.4 Å². The fourth-order valence-corrected chi connectivity index (χ4v) is 4.49. The number of rotatable bonds is 8. The Labute approximate surface area is 242 Å². The number of imidazole rings is 1. The van der Waals surface area contributed by atoms with E-state index in [0.717, 1.165) is 35.6 Å². The Kier molecular flexibility index (Phi) is 7.17. The van der Waals surface area contributed by atoms with Crippen molar-refractivity contribution < 1.29 is 23.1 Å². The average Bonchev–Trinajstić information content (AvgIpc) is 3.75. The lowest BCUT2D eigenvalue weighted by atomic mass is 10.1. The molecule has 43 heavy (non-hydrogen) atoms. The Bertz CT molecular complexity index is 1930. The van der Waals surface area contributed by atoms with Gasteiger partial charge in [-0.15, -0.1) is 0 Å². The normalized spacial score (nSPS) is 12.9. The van der Waals surface area contributed by atoms with E-state index in [1.165, 1.54) is 36.4 Å². The lowest BCUT2D eigenvalue weighted by molar-refractivity contribution is -0.117. The highest BCUT2D eigenvalue weighted by Gasteiger charge is 2.30. The minimum absolute atomic E-state index is 0.0372. The quantitative estimate of drug-likeness (QED) is 0.200. The van der Waals surface area contributed by atoms with Gasteiger partial charge in [0, 0.05) is 23.4 Å². The van der Waals surface area contributed by atoms with Gasteiger partial charge in [-0.05, 0) is 73.5 Å². The second-order valence-corrected chi connectivity index (χ2v) is 10.0. The Morgan fingerprint density at radius 1 is 0.953 bits per heavy atom. The number of hydrogen-bond acceptors (Lipinski definition) is 7. The lowest BCUT2D eigenvalue weighted by Crippen LogP contribution is -2.34. The van der Waals surface area contributed by atoms with Gasteiger partial charge in [0.2, 0.25) is 5.91 Å². The summed E-state index contributed by atoms with van der Waals surface area (Å²) in [5, 5.41) is 5.28. The van der Waals surface area contributed by atoms with Crippen molar-refractivity contribution in [3.63, 3.8) is 0 Å². The standard InChI is InChI=1S/C30H25F2N7O4/c31-17-3-6-19(7-4-17)39-23(27(33)34)10-9-21(30(39)42)29(41)35-18-5-11-24(22(32)13-18)43-20-8-12-26-36-25(15-38(26)14-20)37-28(40)16-1-2-16/h3-16,27H,1-2,33-34H2,(H,35,41)(H,37,40). The number of hydrogen-bond donors (Lipinski definition) is 4. The number of carbonyl (C=O) groups is 2. The first-order chi connectivity index (χ1) is 20.7. The first kappa shape index (κ1) is 27.8. The summed E-state index contributed by atoms with van der Waals surface area (Å²) in [6.07, 6.45) is 3.92. The van der Waals surface area contributed by atoms with Crippen LogP contribution in [-0.2, 0) is 4.79 Å². The Balaban J connectivity index is 1.19.